The largest absolute Gasteiger partial charge is 0.477 e. The van der Waals surface area contributed by atoms with Gasteiger partial charge >= 0.3 is 0 Å². The van der Waals surface area contributed by atoms with E-state index in [2.05, 4.69) is 15.3 Å². The van der Waals surface area contributed by atoms with Crippen molar-refractivity contribution in [3.8, 4) is 11.8 Å². The minimum atomic E-state index is 0. The first kappa shape index (κ1) is 14.8. The lowest BCUT2D eigenvalue weighted by Gasteiger charge is -2.23. The first-order valence-electron chi connectivity index (χ1n) is 6.55. The van der Waals surface area contributed by atoms with Gasteiger partial charge in [0, 0.05) is 6.54 Å². The summed E-state index contributed by atoms with van der Waals surface area (Å²) < 4.78 is 11.2. The highest BCUT2D eigenvalue weighted by molar-refractivity contribution is 5.85. The molecule has 20 heavy (non-hydrogen) atoms. The molecular formula is C14H18ClN3O2. The second-order valence-electron chi connectivity index (χ2n) is 4.61. The average molecular weight is 296 g/mol. The number of fused-ring (bicyclic) bond motifs is 1. The lowest BCUT2D eigenvalue weighted by atomic mass is 10.1. The Morgan fingerprint density at radius 1 is 1.15 bits per heavy atom. The van der Waals surface area contributed by atoms with Gasteiger partial charge < -0.3 is 14.8 Å². The molecule has 0 bridgehead atoms. The number of halogens is 1. The van der Waals surface area contributed by atoms with Crippen molar-refractivity contribution in [2.45, 2.75) is 18.9 Å². The van der Waals surface area contributed by atoms with Crippen LogP contribution in [0.3, 0.4) is 0 Å². The van der Waals surface area contributed by atoms with E-state index in [0.717, 1.165) is 37.0 Å². The normalized spacial score (nSPS) is 18.4. The van der Waals surface area contributed by atoms with Gasteiger partial charge in [-0.15, -0.1) is 12.4 Å². The van der Waals surface area contributed by atoms with Gasteiger partial charge in [0.15, 0.2) is 0 Å². The fourth-order valence-electron chi connectivity index (χ4n) is 2.26. The summed E-state index contributed by atoms with van der Waals surface area (Å²) in [7, 11) is 1.59. The minimum absolute atomic E-state index is 0. The molecule has 2 aromatic rings. The molecule has 5 nitrogen and oxygen atoms in total. The first-order valence-corrected chi connectivity index (χ1v) is 6.55. The number of hydrogen-bond acceptors (Lipinski definition) is 5. The van der Waals surface area contributed by atoms with E-state index in [9.17, 15) is 0 Å². The zero-order valence-electron chi connectivity index (χ0n) is 11.3. The van der Waals surface area contributed by atoms with Crippen molar-refractivity contribution in [2.75, 3.05) is 20.2 Å². The van der Waals surface area contributed by atoms with E-state index >= 15 is 0 Å². The highest BCUT2D eigenvalue weighted by atomic mass is 35.5. The number of para-hydroxylation sites is 2. The lowest BCUT2D eigenvalue weighted by Crippen LogP contribution is -2.37. The number of benzene rings is 1. The van der Waals surface area contributed by atoms with E-state index in [1.54, 1.807) is 7.11 Å². The van der Waals surface area contributed by atoms with Crippen LogP contribution >= 0.6 is 12.4 Å². The molecule has 1 aliphatic rings. The van der Waals surface area contributed by atoms with Crippen LogP contribution in [0.2, 0.25) is 0 Å². The molecule has 1 aromatic heterocycles. The summed E-state index contributed by atoms with van der Waals surface area (Å²) in [6.45, 7) is 1.90. The molecule has 0 aliphatic carbocycles. The molecular weight excluding hydrogens is 278 g/mol. The van der Waals surface area contributed by atoms with E-state index < -0.39 is 0 Å². The summed E-state index contributed by atoms with van der Waals surface area (Å²) in [5, 5.41) is 3.32. The predicted molar refractivity (Wildman–Crippen MR) is 79.9 cm³/mol. The van der Waals surface area contributed by atoms with Gasteiger partial charge in [-0.25, -0.2) is 9.97 Å². The summed E-state index contributed by atoms with van der Waals surface area (Å²) in [4.78, 5) is 8.93. The summed E-state index contributed by atoms with van der Waals surface area (Å²) >= 11 is 0. The van der Waals surface area contributed by atoms with E-state index in [0.29, 0.717) is 11.8 Å². The van der Waals surface area contributed by atoms with Crippen LogP contribution in [0.4, 0.5) is 0 Å². The number of nitrogens with one attached hydrogen (secondary N) is 1. The van der Waals surface area contributed by atoms with Crippen molar-refractivity contribution in [3.63, 3.8) is 0 Å². The molecule has 1 fully saturated rings. The highest BCUT2D eigenvalue weighted by Gasteiger charge is 2.18. The first-order chi connectivity index (χ1) is 9.36. The summed E-state index contributed by atoms with van der Waals surface area (Å²) in [6, 6.07) is 7.71. The van der Waals surface area contributed by atoms with Crippen LogP contribution in [0.15, 0.2) is 24.3 Å². The maximum Gasteiger partial charge on any atom is 0.279 e. The van der Waals surface area contributed by atoms with Crippen molar-refractivity contribution in [1.29, 1.82) is 0 Å². The summed E-state index contributed by atoms with van der Waals surface area (Å²) in [5.41, 5.74) is 1.63. The van der Waals surface area contributed by atoms with E-state index in [4.69, 9.17) is 9.47 Å². The second-order valence-corrected chi connectivity index (χ2v) is 4.61. The monoisotopic (exact) mass is 295 g/mol. The van der Waals surface area contributed by atoms with Crippen LogP contribution in [0.1, 0.15) is 12.8 Å². The topological polar surface area (TPSA) is 56.3 Å². The number of aromatic nitrogens is 2. The predicted octanol–water partition coefficient (Wildman–Crippen LogP) is 2.19. The highest BCUT2D eigenvalue weighted by Crippen LogP contribution is 2.26. The number of rotatable bonds is 3. The SMILES string of the molecule is COc1nc2ccccc2nc1O[C@@H]1CCCNC1.Cl. The zero-order valence-corrected chi connectivity index (χ0v) is 12.2. The maximum absolute atomic E-state index is 5.92. The van der Waals surface area contributed by atoms with Crippen molar-refractivity contribution in [3.05, 3.63) is 24.3 Å². The van der Waals surface area contributed by atoms with Crippen LogP contribution in [0.5, 0.6) is 11.8 Å². The Balaban J connectivity index is 0.00000147. The molecule has 0 saturated carbocycles. The molecule has 3 rings (SSSR count). The van der Waals surface area contributed by atoms with Crippen molar-refractivity contribution in [2.24, 2.45) is 0 Å². The molecule has 1 atom stereocenters. The Hall–Kier alpha value is -1.59. The van der Waals surface area contributed by atoms with Gasteiger partial charge in [0.05, 0.1) is 18.1 Å². The van der Waals surface area contributed by atoms with Gasteiger partial charge in [0.25, 0.3) is 11.8 Å². The van der Waals surface area contributed by atoms with Gasteiger partial charge in [-0.3, -0.25) is 0 Å². The molecule has 0 radical (unpaired) electrons. The summed E-state index contributed by atoms with van der Waals surface area (Å²) in [5.74, 6) is 0.930. The molecule has 1 saturated heterocycles. The fourth-order valence-corrected chi connectivity index (χ4v) is 2.26. The number of piperidine rings is 1. The lowest BCUT2D eigenvalue weighted by molar-refractivity contribution is 0.153. The minimum Gasteiger partial charge on any atom is -0.477 e. The smallest absolute Gasteiger partial charge is 0.279 e. The van der Waals surface area contributed by atoms with Gasteiger partial charge in [0.2, 0.25) is 0 Å². The molecule has 1 N–H and O–H groups in total. The van der Waals surface area contributed by atoms with Gasteiger partial charge in [-0.1, -0.05) is 12.1 Å². The van der Waals surface area contributed by atoms with Crippen LogP contribution in [0, 0.1) is 0 Å². The third-order valence-electron chi connectivity index (χ3n) is 3.23. The number of methoxy groups -OCH3 is 1. The molecule has 0 spiro atoms. The Labute approximate surface area is 124 Å². The zero-order chi connectivity index (χ0) is 13.1. The van der Waals surface area contributed by atoms with Gasteiger partial charge in [-0.2, -0.15) is 0 Å². The molecule has 6 heteroatoms. The Morgan fingerprint density at radius 2 is 1.85 bits per heavy atom. The molecule has 1 aliphatic heterocycles. The standard InChI is InChI=1S/C14H17N3O2.ClH/c1-18-13-14(19-10-5-4-8-15-9-10)17-12-7-3-2-6-11(12)16-13;/h2-3,6-7,10,15H,4-5,8-9H2,1H3;1H/t10-;/m1./s1. The Kier molecular flexibility index (Phi) is 4.98. The number of ether oxygens (including phenoxy) is 2. The van der Waals surface area contributed by atoms with Crippen LogP contribution in [0.25, 0.3) is 11.0 Å². The van der Waals surface area contributed by atoms with Crippen molar-refractivity contribution < 1.29 is 9.47 Å². The van der Waals surface area contributed by atoms with Gasteiger partial charge in [-0.05, 0) is 31.5 Å². The second kappa shape index (κ2) is 6.72. The molecule has 0 unspecified atom stereocenters. The Morgan fingerprint density at radius 3 is 2.45 bits per heavy atom. The Bertz CT molecular complexity index is 573. The van der Waals surface area contributed by atoms with Crippen molar-refractivity contribution in [1.82, 2.24) is 15.3 Å². The van der Waals surface area contributed by atoms with E-state index in [1.807, 2.05) is 24.3 Å². The van der Waals surface area contributed by atoms with Crippen LogP contribution in [-0.4, -0.2) is 36.3 Å². The third kappa shape index (κ3) is 3.11. The fraction of sp³-hybridized carbons (Fsp3) is 0.429. The quantitative estimate of drug-likeness (QED) is 0.941. The van der Waals surface area contributed by atoms with Crippen molar-refractivity contribution >= 4 is 23.4 Å². The van der Waals surface area contributed by atoms with Crippen LogP contribution < -0.4 is 14.8 Å². The molecule has 1 aromatic carbocycles. The van der Waals surface area contributed by atoms with E-state index in [-0.39, 0.29) is 18.5 Å². The van der Waals surface area contributed by atoms with E-state index in [1.165, 1.54) is 0 Å². The number of hydrogen-bond donors (Lipinski definition) is 1. The van der Waals surface area contributed by atoms with Gasteiger partial charge in [0.1, 0.15) is 6.10 Å². The maximum atomic E-state index is 5.92. The molecule has 0 amide bonds. The number of nitrogens with zero attached hydrogens (tertiary/aromatic N) is 2. The summed E-state index contributed by atoms with van der Waals surface area (Å²) in [6.07, 6.45) is 2.29. The average Bonchev–Trinajstić information content (AvgIpc) is 2.47. The molecule has 2 heterocycles. The van der Waals surface area contributed by atoms with Crippen LogP contribution in [-0.2, 0) is 0 Å². The third-order valence-corrected chi connectivity index (χ3v) is 3.23. The molecule has 108 valence electrons.